The van der Waals surface area contributed by atoms with E-state index in [0.29, 0.717) is 11.4 Å². The Labute approximate surface area is 151 Å². The number of aromatic nitrogens is 3. The molecule has 7 nitrogen and oxygen atoms in total. The first-order chi connectivity index (χ1) is 12.6. The van der Waals surface area contributed by atoms with E-state index in [-0.39, 0.29) is 19.1 Å². The molecule has 0 fully saturated rings. The maximum Gasteiger partial charge on any atom is 0.246 e. The highest BCUT2D eigenvalue weighted by Gasteiger charge is 2.08. The largest absolute Gasteiger partial charge is 0.497 e. The number of nitrogens with zero attached hydrogens (tertiary/aromatic N) is 3. The van der Waals surface area contributed by atoms with Gasteiger partial charge in [0.05, 0.1) is 13.3 Å². The highest BCUT2D eigenvalue weighted by Crippen LogP contribution is 2.18. The van der Waals surface area contributed by atoms with E-state index in [1.54, 1.807) is 13.3 Å². The maximum atomic E-state index is 12.1. The van der Waals surface area contributed by atoms with E-state index >= 15 is 0 Å². The van der Waals surface area contributed by atoms with Crippen molar-refractivity contribution < 1.29 is 14.3 Å². The number of methoxy groups -OCH3 is 1. The predicted octanol–water partition coefficient (Wildman–Crippen LogP) is 2.81. The summed E-state index contributed by atoms with van der Waals surface area (Å²) in [6, 6.07) is 14.9. The summed E-state index contributed by atoms with van der Waals surface area (Å²) in [5, 5.41) is 10.9. The lowest BCUT2D eigenvalue weighted by atomic mass is 10.2. The number of hydrogen-bond acceptors (Lipinski definition) is 5. The molecule has 0 unspecified atom stereocenters. The molecule has 134 valence electrons. The molecule has 3 aromatic rings. The van der Waals surface area contributed by atoms with Gasteiger partial charge in [-0.3, -0.25) is 4.79 Å². The molecule has 0 saturated heterocycles. The first-order valence-corrected chi connectivity index (χ1v) is 8.15. The van der Waals surface area contributed by atoms with Gasteiger partial charge in [0.15, 0.2) is 0 Å². The summed E-state index contributed by atoms with van der Waals surface area (Å²) in [6.07, 6.45) is 1.70. The van der Waals surface area contributed by atoms with E-state index in [9.17, 15) is 4.79 Å². The van der Waals surface area contributed by atoms with Gasteiger partial charge in [-0.2, -0.15) is 0 Å². The fourth-order valence-corrected chi connectivity index (χ4v) is 2.36. The Morgan fingerprint density at radius 3 is 2.58 bits per heavy atom. The lowest BCUT2D eigenvalue weighted by Crippen LogP contribution is -2.19. The fourth-order valence-electron chi connectivity index (χ4n) is 2.36. The average Bonchev–Trinajstić information content (AvgIpc) is 3.09. The van der Waals surface area contributed by atoms with Crippen molar-refractivity contribution in [3.05, 3.63) is 66.0 Å². The molecule has 0 atom stereocenters. The van der Waals surface area contributed by atoms with Crippen molar-refractivity contribution in [2.24, 2.45) is 0 Å². The number of ether oxygens (including phenoxy) is 2. The minimum atomic E-state index is -0.160. The molecule has 0 saturated carbocycles. The van der Waals surface area contributed by atoms with Crippen LogP contribution in [0.25, 0.3) is 0 Å². The van der Waals surface area contributed by atoms with Gasteiger partial charge in [-0.15, -0.1) is 5.10 Å². The van der Waals surface area contributed by atoms with Gasteiger partial charge in [-0.05, 0) is 42.8 Å². The first kappa shape index (κ1) is 17.5. The van der Waals surface area contributed by atoms with Crippen LogP contribution in [0.5, 0.6) is 11.5 Å². The Kier molecular flexibility index (Phi) is 5.48. The number of carbonyl (C=O) groups is 1. The summed E-state index contributed by atoms with van der Waals surface area (Å²) >= 11 is 0. The third-order valence-corrected chi connectivity index (χ3v) is 3.76. The molecule has 7 heteroatoms. The number of hydrogen-bond donors (Lipinski definition) is 1. The van der Waals surface area contributed by atoms with Gasteiger partial charge in [-0.25, -0.2) is 4.68 Å². The zero-order valence-corrected chi connectivity index (χ0v) is 14.7. The number of carbonyl (C=O) groups excluding carboxylic acids is 1. The van der Waals surface area contributed by atoms with Crippen molar-refractivity contribution in [2.75, 3.05) is 12.4 Å². The molecule has 0 bridgehead atoms. The Morgan fingerprint density at radius 2 is 1.85 bits per heavy atom. The molecule has 1 heterocycles. The van der Waals surface area contributed by atoms with Gasteiger partial charge in [0.25, 0.3) is 0 Å². The lowest BCUT2D eigenvalue weighted by Gasteiger charge is -2.07. The van der Waals surface area contributed by atoms with Crippen LogP contribution in [0.2, 0.25) is 0 Å². The fraction of sp³-hybridized carbons (Fsp3) is 0.211. The summed E-state index contributed by atoms with van der Waals surface area (Å²) in [6.45, 7) is 2.30. The van der Waals surface area contributed by atoms with Crippen molar-refractivity contribution in [3.8, 4) is 11.5 Å². The van der Waals surface area contributed by atoms with Crippen LogP contribution in [0.1, 0.15) is 11.3 Å². The monoisotopic (exact) mass is 352 g/mol. The second-order valence-electron chi connectivity index (χ2n) is 5.73. The zero-order valence-electron chi connectivity index (χ0n) is 14.7. The van der Waals surface area contributed by atoms with E-state index in [4.69, 9.17) is 9.47 Å². The van der Waals surface area contributed by atoms with Crippen LogP contribution in [-0.2, 0) is 17.9 Å². The van der Waals surface area contributed by atoms with Gasteiger partial charge < -0.3 is 14.8 Å². The second kappa shape index (κ2) is 8.15. The Bertz CT molecular complexity index is 875. The van der Waals surface area contributed by atoms with Crippen LogP contribution in [0, 0.1) is 6.92 Å². The van der Waals surface area contributed by atoms with Gasteiger partial charge in [-0.1, -0.05) is 23.4 Å². The summed E-state index contributed by atoms with van der Waals surface area (Å²) in [5.74, 6) is 1.31. The van der Waals surface area contributed by atoms with Crippen molar-refractivity contribution in [1.82, 2.24) is 15.0 Å². The Morgan fingerprint density at radius 1 is 1.12 bits per heavy atom. The molecule has 0 aliphatic rings. The minimum Gasteiger partial charge on any atom is -0.497 e. The molecule has 0 aliphatic heterocycles. The second-order valence-corrected chi connectivity index (χ2v) is 5.73. The lowest BCUT2D eigenvalue weighted by molar-refractivity contribution is -0.116. The molecule has 1 aromatic heterocycles. The number of benzene rings is 2. The molecular formula is C19H20N4O3. The van der Waals surface area contributed by atoms with Gasteiger partial charge >= 0.3 is 0 Å². The van der Waals surface area contributed by atoms with E-state index in [1.807, 2.05) is 55.5 Å². The van der Waals surface area contributed by atoms with Crippen molar-refractivity contribution >= 4 is 11.6 Å². The Hall–Kier alpha value is -3.35. The number of rotatable bonds is 7. The molecule has 0 spiro atoms. The van der Waals surface area contributed by atoms with Crippen LogP contribution in [0.4, 0.5) is 5.69 Å². The van der Waals surface area contributed by atoms with E-state index in [2.05, 4.69) is 15.6 Å². The van der Waals surface area contributed by atoms with Crippen LogP contribution < -0.4 is 14.8 Å². The third kappa shape index (κ3) is 4.60. The summed E-state index contributed by atoms with van der Waals surface area (Å²) < 4.78 is 12.2. The molecule has 2 aromatic carbocycles. The van der Waals surface area contributed by atoms with Crippen LogP contribution >= 0.6 is 0 Å². The summed E-state index contributed by atoms with van der Waals surface area (Å²) in [4.78, 5) is 12.1. The topological polar surface area (TPSA) is 78.3 Å². The number of aryl methyl sites for hydroxylation is 1. The highest BCUT2D eigenvalue weighted by atomic mass is 16.5. The normalized spacial score (nSPS) is 10.4. The molecule has 3 rings (SSSR count). The molecule has 0 radical (unpaired) electrons. The van der Waals surface area contributed by atoms with Gasteiger partial charge in [0, 0.05) is 5.69 Å². The van der Waals surface area contributed by atoms with Crippen LogP contribution in [-0.4, -0.2) is 28.0 Å². The van der Waals surface area contributed by atoms with E-state index < -0.39 is 0 Å². The van der Waals surface area contributed by atoms with Crippen molar-refractivity contribution in [1.29, 1.82) is 0 Å². The SMILES string of the molecule is COc1ccc(OCc2cn(CC(=O)Nc3ccccc3C)nn2)cc1. The van der Waals surface area contributed by atoms with E-state index in [1.165, 1.54) is 4.68 Å². The van der Waals surface area contributed by atoms with E-state index in [0.717, 1.165) is 17.0 Å². The standard InChI is InChI=1S/C19H20N4O3/c1-14-5-3-4-6-18(14)20-19(24)12-23-11-15(21-22-23)13-26-17-9-7-16(25-2)8-10-17/h3-11H,12-13H2,1-2H3,(H,20,24). The number of anilines is 1. The molecular weight excluding hydrogens is 332 g/mol. The van der Waals surface area contributed by atoms with Crippen molar-refractivity contribution in [3.63, 3.8) is 0 Å². The smallest absolute Gasteiger partial charge is 0.246 e. The van der Waals surface area contributed by atoms with Gasteiger partial charge in [0.2, 0.25) is 5.91 Å². The first-order valence-electron chi connectivity index (χ1n) is 8.15. The number of nitrogens with one attached hydrogen (secondary N) is 1. The number of amides is 1. The Balaban J connectivity index is 1.52. The van der Waals surface area contributed by atoms with Gasteiger partial charge in [0.1, 0.15) is 30.3 Å². The molecule has 26 heavy (non-hydrogen) atoms. The zero-order chi connectivity index (χ0) is 18.4. The predicted molar refractivity (Wildman–Crippen MR) is 97.2 cm³/mol. The highest BCUT2D eigenvalue weighted by molar-refractivity contribution is 5.91. The van der Waals surface area contributed by atoms with Crippen LogP contribution in [0.15, 0.2) is 54.7 Å². The minimum absolute atomic E-state index is 0.0872. The number of para-hydroxylation sites is 1. The molecule has 1 amide bonds. The quantitative estimate of drug-likeness (QED) is 0.707. The third-order valence-electron chi connectivity index (χ3n) is 3.76. The average molecular weight is 352 g/mol. The van der Waals surface area contributed by atoms with Crippen molar-refractivity contribution in [2.45, 2.75) is 20.1 Å². The maximum absolute atomic E-state index is 12.1. The van der Waals surface area contributed by atoms with Crippen LogP contribution in [0.3, 0.4) is 0 Å². The molecule has 1 N–H and O–H groups in total. The summed E-state index contributed by atoms with van der Waals surface area (Å²) in [7, 11) is 1.61. The summed E-state index contributed by atoms with van der Waals surface area (Å²) in [5.41, 5.74) is 2.44. The molecule has 0 aliphatic carbocycles.